The molecule has 0 aliphatic rings. The van der Waals surface area contributed by atoms with E-state index in [4.69, 9.17) is 4.74 Å². The van der Waals surface area contributed by atoms with Crippen molar-refractivity contribution in [2.45, 2.75) is 6.92 Å². The Balaban J connectivity index is 3.15. The third kappa shape index (κ3) is 3.57. The zero-order valence-electron chi connectivity index (χ0n) is 11.1. The lowest BCUT2D eigenvalue weighted by molar-refractivity contribution is -0.385. The highest BCUT2D eigenvalue weighted by Crippen LogP contribution is 2.36. The molecule has 0 radical (unpaired) electrons. The number of rotatable bonds is 6. The number of methoxy groups -OCH3 is 1. The molecule has 0 N–H and O–H groups in total. The molecule has 0 saturated heterocycles. The van der Waals surface area contributed by atoms with Crippen LogP contribution in [0.25, 0.3) is 0 Å². The van der Waals surface area contributed by atoms with Crippen molar-refractivity contribution in [3.8, 4) is 5.75 Å². The molecule has 1 aromatic carbocycles. The molecule has 0 heterocycles. The molecule has 0 unspecified atom stereocenters. The Hall–Kier alpha value is -2.31. The van der Waals surface area contributed by atoms with Crippen LogP contribution in [-0.2, 0) is 9.53 Å². The number of nitro benzene ring substituents is 1. The van der Waals surface area contributed by atoms with Crippen LogP contribution in [0.5, 0.6) is 5.75 Å². The predicted octanol–water partition coefficient (Wildman–Crippen LogP) is 1.60. The van der Waals surface area contributed by atoms with Crippen LogP contribution < -0.4 is 9.64 Å². The van der Waals surface area contributed by atoms with E-state index in [0.29, 0.717) is 12.3 Å². The molecule has 104 valence electrons. The molecule has 0 fully saturated rings. The molecule has 1 rings (SSSR count). The Labute approximate surface area is 110 Å². The summed E-state index contributed by atoms with van der Waals surface area (Å²) in [6.45, 7) is 1.99. The third-order valence-corrected chi connectivity index (χ3v) is 2.47. The predicted molar refractivity (Wildman–Crippen MR) is 69.6 cm³/mol. The number of carbonyl (C=O) groups excluding carboxylic acids is 1. The molecule has 0 bridgehead atoms. The number of carbonyl (C=O) groups is 1. The van der Waals surface area contributed by atoms with E-state index in [1.165, 1.54) is 18.1 Å². The molecule has 0 atom stereocenters. The van der Waals surface area contributed by atoms with Crippen LogP contribution in [0.1, 0.15) is 6.92 Å². The molecule has 0 aliphatic heterocycles. The van der Waals surface area contributed by atoms with E-state index < -0.39 is 10.9 Å². The number of para-hydroxylation sites is 1. The summed E-state index contributed by atoms with van der Waals surface area (Å²) in [7, 11) is 2.84. The van der Waals surface area contributed by atoms with Gasteiger partial charge in [-0.3, -0.25) is 14.9 Å². The number of anilines is 1. The highest BCUT2D eigenvalue weighted by atomic mass is 16.6. The van der Waals surface area contributed by atoms with Crippen molar-refractivity contribution in [3.05, 3.63) is 28.3 Å². The second-order valence-electron chi connectivity index (χ2n) is 3.75. The van der Waals surface area contributed by atoms with Gasteiger partial charge in [0.1, 0.15) is 12.2 Å². The van der Waals surface area contributed by atoms with E-state index >= 15 is 0 Å². The lowest BCUT2D eigenvalue weighted by Crippen LogP contribution is -2.27. The Morgan fingerprint density at radius 1 is 1.47 bits per heavy atom. The normalized spacial score (nSPS) is 9.84. The molecule has 0 saturated carbocycles. The molecule has 0 aliphatic carbocycles. The molecule has 7 heteroatoms. The Bertz CT molecular complexity index is 475. The van der Waals surface area contributed by atoms with Gasteiger partial charge < -0.3 is 14.4 Å². The maximum atomic E-state index is 11.2. The Morgan fingerprint density at radius 2 is 2.16 bits per heavy atom. The van der Waals surface area contributed by atoms with Crippen LogP contribution in [0.4, 0.5) is 11.4 Å². The summed E-state index contributed by atoms with van der Waals surface area (Å²) >= 11 is 0. The highest BCUT2D eigenvalue weighted by molar-refractivity contribution is 5.78. The van der Waals surface area contributed by atoms with Crippen LogP contribution in [0.3, 0.4) is 0 Å². The Morgan fingerprint density at radius 3 is 2.68 bits per heavy atom. The average molecular weight is 268 g/mol. The number of hydrogen-bond acceptors (Lipinski definition) is 6. The quantitative estimate of drug-likeness (QED) is 0.443. The third-order valence-electron chi connectivity index (χ3n) is 2.47. The first-order valence-electron chi connectivity index (χ1n) is 5.69. The van der Waals surface area contributed by atoms with Crippen molar-refractivity contribution in [1.82, 2.24) is 0 Å². The molecule has 0 spiro atoms. The minimum Gasteiger partial charge on any atom is -0.487 e. The summed E-state index contributed by atoms with van der Waals surface area (Å²) in [5, 5.41) is 11.2. The monoisotopic (exact) mass is 268 g/mol. The zero-order valence-corrected chi connectivity index (χ0v) is 11.1. The minimum absolute atomic E-state index is 0.0765. The number of hydrogen-bond donors (Lipinski definition) is 0. The first-order valence-corrected chi connectivity index (χ1v) is 5.69. The van der Waals surface area contributed by atoms with Crippen molar-refractivity contribution >= 4 is 17.3 Å². The number of likely N-dealkylation sites (N-methyl/N-ethyl adjacent to an activating group) is 1. The van der Waals surface area contributed by atoms with Crippen molar-refractivity contribution < 1.29 is 19.2 Å². The number of nitro groups is 1. The van der Waals surface area contributed by atoms with Crippen molar-refractivity contribution in [3.63, 3.8) is 0 Å². The lowest BCUT2D eigenvalue weighted by atomic mass is 10.2. The fraction of sp³-hybridized carbons (Fsp3) is 0.417. The number of ether oxygens (including phenoxy) is 2. The minimum atomic E-state index is -0.520. The largest absolute Gasteiger partial charge is 0.487 e. The molecule has 7 nitrogen and oxygen atoms in total. The van der Waals surface area contributed by atoms with Crippen LogP contribution in [-0.4, -0.2) is 38.2 Å². The summed E-state index contributed by atoms with van der Waals surface area (Å²) in [5.41, 5.74) is 0.150. The van der Waals surface area contributed by atoms with Crippen LogP contribution in [0.15, 0.2) is 18.2 Å². The maximum absolute atomic E-state index is 11.2. The second-order valence-corrected chi connectivity index (χ2v) is 3.75. The smallest absolute Gasteiger partial charge is 0.333 e. The highest BCUT2D eigenvalue weighted by Gasteiger charge is 2.24. The van der Waals surface area contributed by atoms with Crippen LogP contribution in [0, 0.1) is 10.1 Å². The van der Waals surface area contributed by atoms with Gasteiger partial charge >= 0.3 is 11.7 Å². The molecular weight excluding hydrogens is 252 g/mol. The van der Waals surface area contributed by atoms with Crippen LogP contribution >= 0.6 is 0 Å². The molecular formula is C12H16N2O5. The van der Waals surface area contributed by atoms with Crippen molar-refractivity contribution in [2.24, 2.45) is 0 Å². The van der Waals surface area contributed by atoms with Crippen molar-refractivity contribution in [1.29, 1.82) is 0 Å². The van der Waals surface area contributed by atoms with Crippen molar-refractivity contribution in [2.75, 3.05) is 32.2 Å². The fourth-order valence-electron chi connectivity index (χ4n) is 1.62. The SMILES string of the molecule is CCOc1cccc(N(C)CC(=O)OC)c1[N+](=O)[O-]. The maximum Gasteiger partial charge on any atom is 0.333 e. The zero-order chi connectivity index (χ0) is 14.4. The van der Waals surface area contributed by atoms with E-state index in [2.05, 4.69) is 4.74 Å². The van der Waals surface area contributed by atoms with E-state index in [0.717, 1.165) is 0 Å². The van der Waals surface area contributed by atoms with Gasteiger partial charge in [-0.05, 0) is 19.1 Å². The van der Waals surface area contributed by atoms with Gasteiger partial charge in [0.05, 0.1) is 18.6 Å². The van der Waals surface area contributed by atoms with Gasteiger partial charge in [-0.1, -0.05) is 6.07 Å². The molecule has 0 amide bonds. The fourth-order valence-corrected chi connectivity index (χ4v) is 1.62. The topological polar surface area (TPSA) is 81.9 Å². The van der Waals surface area contributed by atoms with Gasteiger partial charge in [-0.2, -0.15) is 0 Å². The van der Waals surface area contributed by atoms with Crippen LogP contribution in [0.2, 0.25) is 0 Å². The number of benzene rings is 1. The first-order chi connectivity index (χ1) is 9.01. The van der Waals surface area contributed by atoms with Gasteiger partial charge in [0, 0.05) is 7.05 Å². The number of esters is 1. The summed E-state index contributed by atoms with van der Waals surface area (Å²) in [6, 6.07) is 4.72. The first kappa shape index (κ1) is 14.7. The van der Waals surface area contributed by atoms with E-state index in [-0.39, 0.29) is 18.0 Å². The lowest BCUT2D eigenvalue weighted by Gasteiger charge is -2.18. The summed E-state index contributed by atoms with van der Waals surface area (Å²) in [4.78, 5) is 23.3. The summed E-state index contributed by atoms with van der Waals surface area (Å²) in [6.07, 6.45) is 0. The van der Waals surface area contributed by atoms with Gasteiger partial charge in [0.25, 0.3) is 0 Å². The van der Waals surface area contributed by atoms with E-state index in [1.54, 1.807) is 26.1 Å². The number of nitrogens with zero attached hydrogens (tertiary/aromatic N) is 2. The summed E-state index contributed by atoms with van der Waals surface area (Å²) < 4.78 is 9.77. The standard InChI is InChI=1S/C12H16N2O5/c1-4-19-10-7-5-6-9(12(10)14(16)17)13(2)8-11(15)18-3/h5-7H,4,8H2,1-3H3. The van der Waals surface area contributed by atoms with E-state index in [9.17, 15) is 14.9 Å². The molecule has 1 aromatic rings. The molecule has 0 aromatic heterocycles. The summed E-state index contributed by atoms with van der Waals surface area (Å²) in [5.74, 6) is -0.291. The van der Waals surface area contributed by atoms with Gasteiger partial charge in [0.15, 0.2) is 5.75 Å². The average Bonchev–Trinajstić information content (AvgIpc) is 2.38. The van der Waals surface area contributed by atoms with E-state index in [1.807, 2.05) is 0 Å². The molecule has 19 heavy (non-hydrogen) atoms. The van der Waals surface area contributed by atoms with Gasteiger partial charge in [-0.25, -0.2) is 0 Å². The Kier molecular flexibility index (Phi) is 5.11. The second kappa shape index (κ2) is 6.58. The van der Waals surface area contributed by atoms with Gasteiger partial charge in [0.2, 0.25) is 0 Å². The van der Waals surface area contributed by atoms with Gasteiger partial charge in [-0.15, -0.1) is 0 Å².